The standard InChI is InChI=1S/C17H18BrF3N4/c1-9(2)22-16-24-14(10-3-4-10)8-15(25-16)23-13-6-5-11(7-12(13)18)17(19,20)21/h5-10H,3-4H2,1-2H3,(H2,22,23,24,25). The van der Waals surface area contributed by atoms with Crippen LogP contribution in [0.5, 0.6) is 0 Å². The molecular formula is C17H18BrF3N4. The van der Waals surface area contributed by atoms with Crippen molar-refractivity contribution in [3.8, 4) is 0 Å². The summed E-state index contributed by atoms with van der Waals surface area (Å²) in [6.07, 6.45) is -2.17. The highest BCUT2D eigenvalue weighted by atomic mass is 79.9. The maximum absolute atomic E-state index is 12.8. The van der Waals surface area contributed by atoms with E-state index in [1.807, 2.05) is 19.9 Å². The molecule has 1 aliphatic carbocycles. The highest BCUT2D eigenvalue weighted by Crippen LogP contribution is 2.40. The molecule has 25 heavy (non-hydrogen) atoms. The van der Waals surface area contributed by atoms with Gasteiger partial charge in [0.25, 0.3) is 0 Å². The lowest BCUT2D eigenvalue weighted by Gasteiger charge is -2.14. The molecule has 2 N–H and O–H groups in total. The van der Waals surface area contributed by atoms with Crippen LogP contribution in [-0.4, -0.2) is 16.0 Å². The van der Waals surface area contributed by atoms with E-state index in [0.29, 0.717) is 27.8 Å². The fourth-order valence-corrected chi connectivity index (χ4v) is 2.85. The Balaban J connectivity index is 1.88. The van der Waals surface area contributed by atoms with Gasteiger partial charge in [0, 0.05) is 22.5 Å². The third-order valence-corrected chi connectivity index (χ3v) is 4.37. The van der Waals surface area contributed by atoms with Crippen LogP contribution < -0.4 is 10.6 Å². The van der Waals surface area contributed by atoms with Gasteiger partial charge in [0.2, 0.25) is 5.95 Å². The van der Waals surface area contributed by atoms with Crippen LogP contribution in [0, 0.1) is 0 Å². The lowest BCUT2D eigenvalue weighted by atomic mass is 10.2. The molecule has 2 aromatic rings. The molecule has 1 saturated carbocycles. The minimum Gasteiger partial charge on any atom is -0.352 e. The first-order chi connectivity index (χ1) is 11.7. The average Bonchev–Trinajstić information content (AvgIpc) is 3.32. The number of aromatic nitrogens is 2. The molecule has 0 bridgehead atoms. The van der Waals surface area contributed by atoms with Crippen molar-refractivity contribution in [2.24, 2.45) is 0 Å². The van der Waals surface area contributed by atoms with Gasteiger partial charge in [-0.25, -0.2) is 4.98 Å². The van der Waals surface area contributed by atoms with Crippen molar-refractivity contribution < 1.29 is 13.2 Å². The summed E-state index contributed by atoms with van der Waals surface area (Å²) in [5.74, 6) is 1.51. The first-order valence-corrected chi connectivity index (χ1v) is 8.81. The lowest BCUT2D eigenvalue weighted by Crippen LogP contribution is -2.14. The summed E-state index contributed by atoms with van der Waals surface area (Å²) in [6.45, 7) is 3.99. The SMILES string of the molecule is CC(C)Nc1nc(Nc2ccc(C(F)(F)F)cc2Br)cc(C2CC2)n1. The van der Waals surface area contributed by atoms with Gasteiger partial charge in [0.1, 0.15) is 5.82 Å². The monoisotopic (exact) mass is 414 g/mol. The number of benzene rings is 1. The first-order valence-electron chi connectivity index (χ1n) is 8.01. The molecule has 1 fully saturated rings. The zero-order chi connectivity index (χ0) is 18.2. The van der Waals surface area contributed by atoms with Crippen LogP contribution in [0.1, 0.15) is 43.9 Å². The van der Waals surface area contributed by atoms with Crippen LogP contribution >= 0.6 is 15.9 Å². The number of rotatable bonds is 5. The molecule has 0 unspecified atom stereocenters. The van der Waals surface area contributed by atoms with E-state index < -0.39 is 11.7 Å². The minimum atomic E-state index is -4.37. The Morgan fingerprint density at radius 1 is 1.16 bits per heavy atom. The van der Waals surface area contributed by atoms with Crippen molar-refractivity contribution in [1.82, 2.24) is 9.97 Å². The van der Waals surface area contributed by atoms with Gasteiger partial charge in [-0.05, 0) is 60.8 Å². The Hall–Kier alpha value is -1.83. The number of anilines is 3. The second-order valence-electron chi connectivity index (χ2n) is 6.39. The maximum Gasteiger partial charge on any atom is 0.416 e. The van der Waals surface area contributed by atoms with E-state index in [2.05, 4.69) is 36.5 Å². The van der Waals surface area contributed by atoms with Crippen LogP contribution in [0.3, 0.4) is 0 Å². The van der Waals surface area contributed by atoms with E-state index in [0.717, 1.165) is 30.7 Å². The zero-order valence-electron chi connectivity index (χ0n) is 13.8. The number of nitrogens with one attached hydrogen (secondary N) is 2. The summed E-state index contributed by atoms with van der Waals surface area (Å²) in [7, 11) is 0. The van der Waals surface area contributed by atoms with Crippen molar-refractivity contribution >= 4 is 33.4 Å². The normalized spacial score (nSPS) is 14.7. The van der Waals surface area contributed by atoms with Crippen molar-refractivity contribution in [3.05, 3.63) is 40.0 Å². The molecule has 0 spiro atoms. The summed E-state index contributed by atoms with van der Waals surface area (Å²) in [5, 5.41) is 6.26. The smallest absolute Gasteiger partial charge is 0.352 e. The molecule has 0 amide bonds. The van der Waals surface area contributed by atoms with E-state index >= 15 is 0 Å². The van der Waals surface area contributed by atoms with Gasteiger partial charge >= 0.3 is 6.18 Å². The Morgan fingerprint density at radius 2 is 1.88 bits per heavy atom. The predicted molar refractivity (Wildman–Crippen MR) is 95.2 cm³/mol. The molecule has 1 aromatic carbocycles. The minimum absolute atomic E-state index is 0.181. The average molecular weight is 415 g/mol. The molecule has 8 heteroatoms. The van der Waals surface area contributed by atoms with Gasteiger partial charge in [-0.15, -0.1) is 0 Å². The number of nitrogens with zero attached hydrogens (tertiary/aromatic N) is 2. The largest absolute Gasteiger partial charge is 0.416 e. The maximum atomic E-state index is 12.8. The quantitative estimate of drug-likeness (QED) is 0.658. The van der Waals surface area contributed by atoms with Gasteiger partial charge in [-0.2, -0.15) is 18.2 Å². The molecule has 4 nitrogen and oxygen atoms in total. The number of alkyl halides is 3. The fraction of sp³-hybridized carbons (Fsp3) is 0.412. The zero-order valence-corrected chi connectivity index (χ0v) is 15.4. The molecule has 0 atom stereocenters. The van der Waals surface area contributed by atoms with Gasteiger partial charge in [0.05, 0.1) is 16.9 Å². The number of hydrogen-bond acceptors (Lipinski definition) is 4. The van der Waals surface area contributed by atoms with E-state index in [4.69, 9.17) is 0 Å². The molecule has 0 saturated heterocycles. The van der Waals surface area contributed by atoms with E-state index in [1.165, 1.54) is 6.07 Å². The predicted octanol–water partition coefficient (Wildman–Crippen LogP) is 5.70. The van der Waals surface area contributed by atoms with Crippen molar-refractivity contribution in [1.29, 1.82) is 0 Å². The molecular weight excluding hydrogens is 397 g/mol. The summed E-state index contributed by atoms with van der Waals surface area (Å²) in [4.78, 5) is 8.94. The highest BCUT2D eigenvalue weighted by molar-refractivity contribution is 9.10. The molecule has 1 heterocycles. The first kappa shape index (κ1) is 18.0. The highest BCUT2D eigenvalue weighted by Gasteiger charge is 2.31. The van der Waals surface area contributed by atoms with Crippen LogP contribution in [0.2, 0.25) is 0 Å². The third-order valence-electron chi connectivity index (χ3n) is 3.72. The van der Waals surface area contributed by atoms with Crippen molar-refractivity contribution in [3.63, 3.8) is 0 Å². The summed E-state index contributed by atoms with van der Waals surface area (Å²) in [5.41, 5.74) is 0.765. The summed E-state index contributed by atoms with van der Waals surface area (Å²) in [6, 6.07) is 5.52. The van der Waals surface area contributed by atoms with Gasteiger partial charge in [-0.1, -0.05) is 0 Å². The van der Waals surface area contributed by atoms with E-state index in [9.17, 15) is 13.2 Å². The molecule has 0 radical (unpaired) electrons. The summed E-state index contributed by atoms with van der Waals surface area (Å²) < 4.78 is 38.7. The van der Waals surface area contributed by atoms with Crippen LogP contribution in [0.15, 0.2) is 28.7 Å². The number of halogens is 4. The lowest BCUT2D eigenvalue weighted by molar-refractivity contribution is -0.137. The molecule has 0 aliphatic heterocycles. The fourth-order valence-electron chi connectivity index (χ4n) is 2.37. The molecule has 3 rings (SSSR count). The Bertz CT molecular complexity index is 773. The van der Waals surface area contributed by atoms with Gasteiger partial charge in [0.15, 0.2) is 0 Å². The number of hydrogen-bond donors (Lipinski definition) is 2. The Labute approximate surface area is 152 Å². The topological polar surface area (TPSA) is 49.8 Å². The third kappa shape index (κ3) is 4.62. The van der Waals surface area contributed by atoms with Crippen molar-refractivity contribution in [2.45, 2.75) is 44.8 Å². The molecule has 134 valence electrons. The second-order valence-corrected chi connectivity index (χ2v) is 7.25. The Morgan fingerprint density at radius 3 is 2.44 bits per heavy atom. The van der Waals surface area contributed by atoms with Crippen LogP contribution in [-0.2, 0) is 6.18 Å². The molecule has 1 aromatic heterocycles. The van der Waals surface area contributed by atoms with Crippen LogP contribution in [0.25, 0.3) is 0 Å². The van der Waals surface area contributed by atoms with Crippen molar-refractivity contribution in [2.75, 3.05) is 10.6 Å². The van der Waals surface area contributed by atoms with Crippen LogP contribution in [0.4, 0.5) is 30.6 Å². The van der Waals surface area contributed by atoms with Gasteiger partial charge < -0.3 is 10.6 Å². The van der Waals surface area contributed by atoms with E-state index in [1.54, 1.807) is 0 Å². The Kier molecular flexibility index (Phi) is 4.90. The van der Waals surface area contributed by atoms with E-state index in [-0.39, 0.29) is 6.04 Å². The molecule has 1 aliphatic rings. The second kappa shape index (κ2) is 6.82. The van der Waals surface area contributed by atoms with Gasteiger partial charge in [-0.3, -0.25) is 0 Å². The summed E-state index contributed by atoms with van der Waals surface area (Å²) >= 11 is 3.19.